The van der Waals surface area contributed by atoms with Gasteiger partial charge in [-0.05, 0) is 18.2 Å². The molecular formula is C27H28O17. The summed E-state index contributed by atoms with van der Waals surface area (Å²) in [4.78, 5) is 24.3. The largest absolute Gasteiger partial charge is 0.507 e. The number of carbonyl (C=O) groups is 1. The third-order valence-electron chi connectivity index (χ3n) is 7.18. The Balaban J connectivity index is 1.45. The van der Waals surface area contributed by atoms with Crippen LogP contribution in [0, 0.1) is 0 Å². The fourth-order valence-electron chi connectivity index (χ4n) is 4.79. The summed E-state index contributed by atoms with van der Waals surface area (Å²) in [6.07, 6.45) is -17.7. The van der Waals surface area contributed by atoms with Crippen LogP contribution in [0.1, 0.15) is 0 Å². The smallest absolute Gasteiger partial charge is 0.335 e. The number of hydrogen-bond donors (Lipinski definition) is 10. The van der Waals surface area contributed by atoms with Crippen LogP contribution in [0.15, 0.2) is 45.6 Å². The molecule has 2 unspecified atom stereocenters. The molecule has 2 aliphatic rings. The van der Waals surface area contributed by atoms with E-state index in [4.69, 9.17) is 23.4 Å². The van der Waals surface area contributed by atoms with Gasteiger partial charge in [-0.2, -0.15) is 0 Å². The first-order valence-electron chi connectivity index (χ1n) is 13.0. The highest BCUT2D eigenvalue weighted by atomic mass is 16.7. The number of hydrogen-bond acceptors (Lipinski definition) is 16. The van der Waals surface area contributed by atoms with E-state index in [1.54, 1.807) is 0 Å². The van der Waals surface area contributed by atoms with Crippen molar-refractivity contribution in [3.63, 3.8) is 0 Å². The minimum absolute atomic E-state index is 0.125. The highest BCUT2D eigenvalue weighted by molar-refractivity contribution is 5.86. The van der Waals surface area contributed by atoms with Crippen LogP contribution >= 0.6 is 0 Å². The summed E-state index contributed by atoms with van der Waals surface area (Å²) in [6, 6.07) is 6.73. The van der Waals surface area contributed by atoms with E-state index in [-0.39, 0.29) is 33.8 Å². The normalized spacial score (nSPS) is 32.3. The molecule has 1 aromatic heterocycles. The van der Waals surface area contributed by atoms with Crippen LogP contribution in [0.25, 0.3) is 22.3 Å². The predicted molar refractivity (Wildman–Crippen MR) is 141 cm³/mol. The monoisotopic (exact) mass is 624 g/mol. The lowest BCUT2D eigenvalue weighted by Crippen LogP contribution is -2.61. The number of aliphatic hydroxyl groups excluding tert-OH is 7. The van der Waals surface area contributed by atoms with E-state index in [1.165, 1.54) is 12.1 Å². The quantitative estimate of drug-likeness (QED) is 0.128. The number of phenolic OH excluding ortho intramolecular Hbond substituents is 2. The number of phenols is 2. The van der Waals surface area contributed by atoms with Crippen molar-refractivity contribution in [1.82, 2.24) is 0 Å². The van der Waals surface area contributed by atoms with Crippen molar-refractivity contribution in [2.75, 3.05) is 6.61 Å². The number of carboxylic acids is 1. The first kappa shape index (κ1) is 31.4. The van der Waals surface area contributed by atoms with Gasteiger partial charge in [0.15, 0.2) is 23.0 Å². The lowest BCUT2D eigenvalue weighted by atomic mass is 9.99. The van der Waals surface area contributed by atoms with Crippen LogP contribution in [-0.2, 0) is 14.3 Å². The van der Waals surface area contributed by atoms with Crippen LogP contribution in [0.3, 0.4) is 0 Å². The molecule has 10 atom stereocenters. The molecule has 2 aromatic carbocycles. The van der Waals surface area contributed by atoms with Crippen LogP contribution in [0.2, 0.25) is 0 Å². The molecule has 2 aliphatic heterocycles. The number of aliphatic hydroxyl groups is 7. The number of benzene rings is 2. The molecule has 0 aliphatic carbocycles. The first-order chi connectivity index (χ1) is 20.8. The van der Waals surface area contributed by atoms with Gasteiger partial charge in [0.05, 0.1) is 6.61 Å². The molecule has 0 amide bonds. The van der Waals surface area contributed by atoms with E-state index in [1.807, 2.05) is 0 Å². The van der Waals surface area contributed by atoms with Gasteiger partial charge in [0.2, 0.25) is 12.6 Å². The summed E-state index contributed by atoms with van der Waals surface area (Å²) in [5.74, 6) is -3.46. The predicted octanol–water partition coefficient (Wildman–Crippen LogP) is -2.68. The molecular weight excluding hydrogens is 596 g/mol. The molecule has 0 radical (unpaired) electrons. The van der Waals surface area contributed by atoms with Crippen molar-refractivity contribution in [3.8, 4) is 34.3 Å². The van der Waals surface area contributed by atoms with Crippen LogP contribution in [0.5, 0.6) is 23.0 Å². The fraction of sp³-hybridized carbons (Fsp3) is 0.407. The summed E-state index contributed by atoms with van der Waals surface area (Å²) in [5, 5.41) is 99.6. The molecule has 0 bridgehead atoms. The molecule has 2 fully saturated rings. The Morgan fingerprint density at radius 3 is 2.09 bits per heavy atom. The lowest BCUT2D eigenvalue weighted by Gasteiger charge is -2.39. The van der Waals surface area contributed by atoms with Crippen LogP contribution in [0.4, 0.5) is 0 Å². The number of fused-ring (bicyclic) bond motifs is 1. The molecule has 3 aromatic rings. The minimum atomic E-state index is -1.96. The maximum absolute atomic E-state index is 12.9. The third kappa shape index (κ3) is 5.75. The Morgan fingerprint density at radius 2 is 1.43 bits per heavy atom. The Bertz CT molecular complexity index is 1590. The van der Waals surface area contributed by atoms with Gasteiger partial charge in [-0.15, -0.1) is 0 Å². The van der Waals surface area contributed by atoms with E-state index in [0.717, 1.165) is 24.3 Å². The van der Waals surface area contributed by atoms with Crippen LogP contribution < -0.4 is 14.9 Å². The zero-order valence-electron chi connectivity index (χ0n) is 22.3. The van der Waals surface area contributed by atoms with E-state index < -0.39 is 90.9 Å². The summed E-state index contributed by atoms with van der Waals surface area (Å²) in [5.41, 5.74) is -0.861. The third-order valence-corrected chi connectivity index (χ3v) is 7.18. The number of ether oxygens (including phenoxy) is 4. The van der Waals surface area contributed by atoms with Crippen molar-refractivity contribution < 1.29 is 79.2 Å². The summed E-state index contributed by atoms with van der Waals surface area (Å²) < 4.78 is 27.1. The number of rotatable bonds is 7. The van der Waals surface area contributed by atoms with Gasteiger partial charge in [0.1, 0.15) is 71.0 Å². The molecule has 5 rings (SSSR count). The van der Waals surface area contributed by atoms with Crippen molar-refractivity contribution in [3.05, 3.63) is 46.6 Å². The topological polar surface area (TPSA) is 286 Å². The van der Waals surface area contributed by atoms with E-state index >= 15 is 0 Å². The number of carboxylic acid groups (broad SMARTS) is 1. The molecule has 44 heavy (non-hydrogen) atoms. The molecule has 17 heteroatoms. The molecule has 17 nitrogen and oxygen atoms in total. The summed E-state index contributed by atoms with van der Waals surface area (Å²) >= 11 is 0. The Morgan fingerprint density at radius 1 is 0.773 bits per heavy atom. The molecule has 238 valence electrons. The lowest BCUT2D eigenvalue weighted by molar-refractivity contribution is -0.277. The number of aliphatic carboxylic acids is 1. The average molecular weight is 625 g/mol. The standard InChI is InChI=1S/C27H28O17/c28-7-16-18(32)19(33)22(36)27(43-16)42-14-3-8(1-2-10(14)29)13-6-12(31)17-11(30)4-9(5-15(17)41-13)40-26-23(37)20(34)21(35)24(44-26)25(38)39/h1-6,16,18-24,26-30,32-37H,7H2,(H,38,39)/t16-,18-,19+,20+,21+,22-,23-,24+,26?,27?/m1/s1. The zero-order chi connectivity index (χ0) is 32.0. The molecule has 0 spiro atoms. The van der Waals surface area contributed by atoms with E-state index in [9.17, 15) is 60.7 Å². The fourth-order valence-corrected chi connectivity index (χ4v) is 4.79. The zero-order valence-corrected chi connectivity index (χ0v) is 22.3. The molecule has 10 N–H and O–H groups in total. The maximum Gasteiger partial charge on any atom is 0.335 e. The van der Waals surface area contributed by atoms with Crippen molar-refractivity contribution in [2.24, 2.45) is 0 Å². The first-order valence-corrected chi connectivity index (χ1v) is 13.0. The SMILES string of the molecule is O=C(O)[C@H]1OC(Oc2cc(O)c3c(=O)cc(-c4ccc(O)c(OC5O[C@H](CO)[C@@H](O)[C@H](O)[C@H]5O)c4)oc3c2)[C@H](O)[C@@H](O)[C@@H]1O. The Hall–Kier alpha value is -4.04. The van der Waals surface area contributed by atoms with E-state index in [0.29, 0.717) is 0 Å². The average Bonchev–Trinajstić information content (AvgIpc) is 2.98. The van der Waals surface area contributed by atoms with Gasteiger partial charge in [-0.1, -0.05) is 0 Å². The molecule has 3 heterocycles. The highest BCUT2D eigenvalue weighted by Crippen LogP contribution is 2.37. The van der Waals surface area contributed by atoms with Crippen molar-refractivity contribution in [1.29, 1.82) is 0 Å². The van der Waals surface area contributed by atoms with Gasteiger partial charge in [0.25, 0.3) is 0 Å². The van der Waals surface area contributed by atoms with Gasteiger partial charge in [0, 0.05) is 23.8 Å². The van der Waals surface area contributed by atoms with E-state index in [2.05, 4.69) is 0 Å². The molecule has 0 saturated carbocycles. The second-order valence-corrected chi connectivity index (χ2v) is 10.1. The van der Waals surface area contributed by atoms with Gasteiger partial charge >= 0.3 is 5.97 Å². The Labute approximate surface area is 245 Å². The minimum Gasteiger partial charge on any atom is -0.507 e. The second kappa shape index (κ2) is 12.2. The van der Waals surface area contributed by atoms with Crippen molar-refractivity contribution in [2.45, 2.75) is 61.4 Å². The van der Waals surface area contributed by atoms with Gasteiger partial charge in [-0.3, -0.25) is 4.79 Å². The molecule has 2 saturated heterocycles. The summed E-state index contributed by atoms with van der Waals surface area (Å²) in [7, 11) is 0. The number of aromatic hydroxyl groups is 2. The second-order valence-electron chi connectivity index (χ2n) is 10.1. The highest BCUT2D eigenvalue weighted by Gasteiger charge is 2.48. The maximum atomic E-state index is 12.9. The van der Waals surface area contributed by atoms with Gasteiger partial charge in [-0.25, -0.2) is 4.79 Å². The Kier molecular flexibility index (Phi) is 8.67. The van der Waals surface area contributed by atoms with Gasteiger partial charge < -0.3 is 74.4 Å². The van der Waals surface area contributed by atoms with Crippen molar-refractivity contribution >= 4 is 16.9 Å². The summed E-state index contributed by atoms with van der Waals surface area (Å²) in [6.45, 7) is -0.716. The van der Waals surface area contributed by atoms with Crippen LogP contribution in [-0.4, -0.2) is 125 Å².